The van der Waals surface area contributed by atoms with Crippen molar-refractivity contribution in [2.24, 2.45) is 0 Å². The van der Waals surface area contributed by atoms with Crippen LogP contribution in [0.3, 0.4) is 0 Å². The molecule has 0 saturated carbocycles. The maximum Gasteiger partial charge on any atom is 0.292 e. The van der Waals surface area contributed by atoms with E-state index in [-0.39, 0.29) is 5.56 Å². The van der Waals surface area contributed by atoms with Crippen LogP contribution >= 0.6 is 0 Å². The molecule has 19 heavy (non-hydrogen) atoms. The number of amides is 1. The summed E-state index contributed by atoms with van der Waals surface area (Å²) in [6, 6.07) is 4.03. The molecule has 4 nitrogen and oxygen atoms in total. The lowest BCUT2D eigenvalue weighted by Crippen LogP contribution is -2.44. The number of carbonyl (C=O) groups excluding carboxylic acids is 2. The summed E-state index contributed by atoms with van der Waals surface area (Å²) in [7, 11) is 0. The molecule has 1 aromatic heterocycles. The Hall–Kier alpha value is -2.17. The number of Topliss-reactive ketones (excluding diaryl/α,β-unsaturated/α-hetero) is 1. The van der Waals surface area contributed by atoms with E-state index in [9.17, 15) is 14.0 Å². The molecule has 0 aliphatic heterocycles. The van der Waals surface area contributed by atoms with Gasteiger partial charge in [0.1, 0.15) is 5.82 Å². The van der Waals surface area contributed by atoms with E-state index >= 15 is 0 Å². The molecule has 0 bridgehead atoms. The van der Waals surface area contributed by atoms with Crippen LogP contribution in [-0.2, 0) is 4.79 Å². The quantitative estimate of drug-likeness (QED) is 0.645. The second-order valence-corrected chi connectivity index (χ2v) is 5.43. The fourth-order valence-electron chi connectivity index (χ4n) is 1.81. The molecule has 2 N–H and O–H groups in total. The zero-order valence-electron chi connectivity index (χ0n) is 11.0. The summed E-state index contributed by atoms with van der Waals surface area (Å²) in [5.74, 6) is -1.70. The normalized spacial score (nSPS) is 11.6. The third kappa shape index (κ3) is 2.81. The second kappa shape index (κ2) is 4.50. The van der Waals surface area contributed by atoms with Crippen molar-refractivity contribution in [3.8, 4) is 0 Å². The number of ketones is 1. The minimum atomic E-state index is -0.669. The van der Waals surface area contributed by atoms with Crippen molar-refractivity contribution in [1.29, 1.82) is 0 Å². The van der Waals surface area contributed by atoms with Crippen LogP contribution in [-0.4, -0.2) is 22.2 Å². The van der Waals surface area contributed by atoms with Crippen LogP contribution < -0.4 is 5.32 Å². The Morgan fingerprint density at radius 3 is 2.58 bits per heavy atom. The molecule has 1 amide bonds. The van der Waals surface area contributed by atoms with E-state index in [2.05, 4.69) is 10.3 Å². The summed E-state index contributed by atoms with van der Waals surface area (Å²) in [6.07, 6.45) is 1.43. The molecule has 2 rings (SSSR count). The minimum absolute atomic E-state index is 0.247. The van der Waals surface area contributed by atoms with E-state index in [0.29, 0.717) is 10.9 Å². The van der Waals surface area contributed by atoms with Gasteiger partial charge in [-0.1, -0.05) is 0 Å². The van der Waals surface area contributed by atoms with Crippen LogP contribution in [0.2, 0.25) is 0 Å². The van der Waals surface area contributed by atoms with Crippen molar-refractivity contribution in [2.45, 2.75) is 26.3 Å². The molecule has 0 unspecified atom stereocenters. The monoisotopic (exact) mass is 262 g/mol. The molecule has 1 heterocycles. The van der Waals surface area contributed by atoms with Gasteiger partial charge in [0.25, 0.3) is 11.7 Å². The number of carbonyl (C=O) groups is 2. The summed E-state index contributed by atoms with van der Waals surface area (Å²) < 4.78 is 13.0. The number of halogens is 1. The number of aromatic nitrogens is 1. The van der Waals surface area contributed by atoms with Crippen molar-refractivity contribution in [3.63, 3.8) is 0 Å². The maximum absolute atomic E-state index is 13.0. The van der Waals surface area contributed by atoms with E-state index in [1.807, 2.05) is 0 Å². The number of hydrogen-bond donors (Lipinski definition) is 2. The molecule has 0 atom stereocenters. The first-order valence-corrected chi connectivity index (χ1v) is 5.91. The second-order valence-electron chi connectivity index (χ2n) is 5.43. The zero-order valence-corrected chi connectivity index (χ0v) is 11.0. The molecule has 2 aromatic rings. The highest BCUT2D eigenvalue weighted by Crippen LogP contribution is 2.20. The van der Waals surface area contributed by atoms with Gasteiger partial charge in [0.15, 0.2) is 0 Å². The van der Waals surface area contributed by atoms with E-state index in [1.165, 1.54) is 24.4 Å². The molecule has 1 aromatic carbocycles. The molecule has 0 fully saturated rings. The number of hydrogen-bond acceptors (Lipinski definition) is 2. The third-order valence-electron chi connectivity index (χ3n) is 2.58. The van der Waals surface area contributed by atoms with Crippen molar-refractivity contribution >= 4 is 22.6 Å². The van der Waals surface area contributed by atoms with Crippen LogP contribution in [0.25, 0.3) is 10.9 Å². The lowest BCUT2D eigenvalue weighted by Gasteiger charge is -2.19. The molecule has 0 saturated heterocycles. The number of fused-ring (bicyclic) bond motifs is 1. The predicted octanol–water partition coefficient (Wildman–Crippen LogP) is 2.40. The number of aromatic amines is 1. The lowest BCUT2D eigenvalue weighted by molar-refractivity contribution is -0.118. The number of nitrogens with one attached hydrogen (secondary N) is 2. The van der Waals surface area contributed by atoms with Crippen molar-refractivity contribution in [3.05, 3.63) is 35.8 Å². The van der Waals surface area contributed by atoms with Gasteiger partial charge in [-0.05, 0) is 39.0 Å². The standard InChI is InChI=1S/C14H15FN2O2/c1-14(2,3)17-13(19)12(18)10-7-16-11-6-8(15)4-5-9(10)11/h4-7,16H,1-3H3,(H,17,19). The van der Waals surface area contributed by atoms with Crippen LogP contribution in [0.1, 0.15) is 31.1 Å². The van der Waals surface area contributed by atoms with Crippen molar-refractivity contribution in [2.75, 3.05) is 0 Å². The highest BCUT2D eigenvalue weighted by atomic mass is 19.1. The number of rotatable bonds is 2. The molecule has 0 radical (unpaired) electrons. The van der Waals surface area contributed by atoms with Crippen molar-refractivity contribution in [1.82, 2.24) is 10.3 Å². The van der Waals surface area contributed by atoms with E-state index in [0.717, 1.165) is 0 Å². The van der Waals surface area contributed by atoms with Gasteiger partial charge in [0.05, 0.1) is 5.56 Å². The van der Waals surface area contributed by atoms with Crippen LogP contribution in [0.15, 0.2) is 24.4 Å². The topological polar surface area (TPSA) is 62.0 Å². The fraction of sp³-hybridized carbons (Fsp3) is 0.286. The van der Waals surface area contributed by atoms with Gasteiger partial charge in [-0.2, -0.15) is 0 Å². The third-order valence-corrected chi connectivity index (χ3v) is 2.58. The first-order chi connectivity index (χ1) is 8.78. The minimum Gasteiger partial charge on any atom is -0.360 e. The smallest absolute Gasteiger partial charge is 0.292 e. The average molecular weight is 262 g/mol. The largest absolute Gasteiger partial charge is 0.360 e. The number of H-pyrrole nitrogens is 1. The van der Waals surface area contributed by atoms with Gasteiger partial charge in [0, 0.05) is 22.6 Å². The zero-order chi connectivity index (χ0) is 14.2. The van der Waals surface area contributed by atoms with E-state index in [4.69, 9.17) is 0 Å². The summed E-state index contributed by atoms with van der Waals surface area (Å²) in [6.45, 7) is 5.38. The first-order valence-electron chi connectivity index (χ1n) is 5.91. The van der Waals surface area contributed by atoms with Gasteiger partial charge in [0.2, 0.25) is 0 Å². The Morgan fingerprint density at radius 1 is 1.26 bits per heavy atom. The summed E-state index contributed by atoms with van der Waals surface area (Å²) in [4.78, 5) is 26.7. The molecule has 100 valence electrons. The van der Waals surface area contributed by atoms with Gasteiger partial charge in [-0.25, -0.2) is 4.39 Å². The highest BCUT2D eigenvalue weighted by Gasteiger charge is 2.23. The number of benzene rings is 1. The summed E-state index contributed by atoms with van der Waals surface area (Å²) in [5, 5.41) is 3.14. The predicted molar refractivity (Wildman–Crippen MR) is 70.5 cm³/mol. The average Bonchev–Trinajstić information content (AvgIpc) is 2.68. The van der Waals surface area contributed by atoms with Gasteiger partial charge in [-0.15, -0.1) is 0 Å². The van der Waals surface area contributed by atoms with Gasteiger partial charge < -0.3 is 10.3 Å². The molecule has 0 aliphatic rings. The highest BCUT2D eigenvalue weighted by molar-refractivity contribution is 6.45. The van der Waals surface area contributed by atoms with Crippen molar-refractivity contribution < 1.29 is 14.0 Å². The first kappa shape index (κ1) is 13.3. The van der Waals surface area contributed by atoms with Crippen LogP contribution in [0.5, 0.6) is 0 Å². The maximum atomic E-state index is 13.0. The fourth-order valence-corrected chi connectivity index (χ4v) is 1.81. The molecular weight excluding hydrogens is 247 g/mol. The van der Waals surface area contributed by atoms with E-state index in [1.54, 1.807) is 20.8 Å². The Bertz CT molecular complexity index is 653. The van der Waals surface area contributed by atoms with Gasteiger partial charge >= 0.3 is 0 Å². The molecule has 0 aliphatic carbocycles. The SMILES string of the molecule is CC(C)(C)NC(=O)C(=O)c1c[nH]c2cc(F)ccc12. The van der Waals surface area contributed by atoms with Gasteiger partial charge in [-0.3, -0.25) is 9.59 Å². The Morgan fingerprint density at radius 2 is 1.95 bits per heavy atom. The van der Waals surface area contributed by atoms with Crippen LogP contribution in [0.4, 0.5) is 4.39 Å². The Balaban J connectivity index is 2.34. The Kier molecular flexibility index (Phi) is 3.14. The van der Waals surface area contributed by atoms with E-state index < -0.39 is 23.0 Å². The summed E-state index contributed by atoms with van der Waals surface area (Å²) >= 11 is 0. The van der Waals surface area contributed by atoms with Crippen LogP contribution in [0, 0.1) is 5.82 Å². The lowest BCUT2D eigenvalue weighted by atomic mass is 10.1. The molecule has 5 heteroatoms. The molecule has 0 spiro atoms. The summed E-state index contributed by atoms with van der Waals surface area (Å²) in [5.41, 5.74) is 0.258. The Labute approximate surface area is 110 Å². The molecular formula is C14H15FN2O2.